The minimum Gasteiger partial charge on any atom is -0.451 e. The zero-order valence-electron chi connectivity index (χ0n) is 30.0. The molecule has 2 N–H and O–H groups in total. The van der Waals surface area contributed by atoms with Crippen molar-refractivity contribution in [3.8, 4) is 17.2 Å². The minimum absolute atomic E-state index is 0.00784. The summed E-state index contributed by atoms with van der Waals surface area (Å²) in [4.78, 5) is 48.8. The van der Waals surface area contributed by atoms with Gasteiger partial charge in [-0.15, -0.1) is 0 Å². The molecule has 10 nitrogen and oxygen atoms in total. The summed E-state index contributed by atoms with van der Waals surface area (Å²) in [5.41, 5.74) is 2.78. The van der Waals surface area contributed by atoms with E-state index in [0.29, 0.717) is 49.6 Å². The number of pyridine rings is 1. The van der Waals surface area contributed by atoms with Gasteiger partial charge in [-0.3, -0.25) is 14.4 Å². The maximum absolute atomic E-state index is 16.1. The van der Waals surface area contributed by atoms with Crippen molar-refractivity contribution in [2.75, 3.05) is 51.2 Å². The Morgan fingerprint density at radius 1 is 1.10 bits per heavy atom. The molecule has 2 aromatic heterocycles. The van der Waals surface area contributed by atoms with E-state index in [2.05, 4.69) is 34.3 Å². The minimum atomic E-state index is -0.607. The number of anilines is 1. The number of aromatic amines is 1. The largest absolute Gasteiger partial charge is 0.451 e. The number of allylic oxidation sites excluding steroid dienone is 2. The normalized spacial score (nSPS) is 16.7. The van der Waals surface area contributed by atoms with Gasteiger partial charge in [0.1, 0.15) is 16.8 Å². The van der Waals surface area contributed by atoms with Crippen LogP contribution in [0.25, 0.3) is 16.6 Å². The smallest absolute Gasteiger partial charge is 0.259 e. The summed E-state index contributed by atoms with van der Waals surface area (Å²) in [5, 5.41) is 3.18. The fraction of sp³-hybridized carbons (Fsp3) is 0.410. The highest BCUT2D eigenvalue weighted by Gasteiger charge is 2.34. The van der Waals surface area contributed by atoms with Crippen LogP contribution in [0.1, 0.15) is 62.0 Å². The van der Waals surface area contributed by atoms with Gasteiger partial charge in [0.15, 0.2) is 17.3 Å². The number of hydrogen-bond donors (Lipinski definition) is 2. The molecule has 266 valence electrons. The third-order valence-corrected chi connectivity index (χ3v) is 9.28. The molecule has 1 unspecified atom stereocenters. The van der Waals surface area contributed by atoms with Gasteiger partial charge in [-0.2, -0.15) is 0 Å². The molecule has 5 heterocycles. The van der Waals surface area contributed by atoms with Gasteiger partial charge < -0.3 is 34.3 Å². The van der Waals surface area contributed by atoms with E-state index in [4.69, 9.17) is 4.74 Å². The van der Waals surface area contributed by atoms with E-state index in [9.17, 15) is 14.4 Å². The molecule has 4 aromatic rings. The third kappa shape index (κ3) is 7.47. The molecular formula is C39H49FN6O4. The molecule has 0 radical (unpaired) electrons. The molecule has 2 amide bonds. The van der Waals surface area contributed by atoms with E-state index < -0.39 is 11.2 Å². The number of fused-ring (bicyclic) bond motifs is 2. The van der Waals surface area contributed by atoms with Crippen molar-refractivity contribution in [1.82, 2.24) is 24.7 Å². The second-order valence-corrected chi connectivity index (χ2v) is 12.7. The number of rotatable bonds is 6. The number of halogens is 1. The number of nitrogens with one attached hydrogen (secondary N) is 2. The average Bonchev–Trinajstić information content (AvgIpc) is 3.75. The number of amides is 2. The van der Waals surface area contributed by atoms with Gasteiger partial charge >= 0.3 is 0 Å². The number of hydrogen-bond acceptors (Lipinski definition) is 6. The van der Waals surface area contributed by atoms with E-state index in [1.807, 2.05) is 70.2 Å². The summed E-state index contributed by atoms with van der Waals surface area (Å²) in [6.45, 7) is 13.5. The number of H-pyrrole nitrogens is 1. The predicted octanol–water partition coefficient (Wildman–Crippen LogP) is 6.20. The van der Waals surface area contributed by atoms with Gasteiger partial charge in [-0.1, -0.05) is 45.1 Å². The second kappa shape index (κ2) is 16.2. The number of para-hydroxylation sites is 2. The first-order chi connectivity index (χ1) is 24.2. The van der Waals surface area contributed by atoms with Crippen LogP contribution >= 0.6 is 0 Å². The van der Waals surface area contributed by atoms with Crippen molar-refractivity contribution in [3.05, 3.63) is 93.8 Å². The first-order valence-electron chi connectivity index (χ1n) is 17.6. The van der Waals surface area contributed by atoms with Crippen LogP contribution in [0.3, 0.4) is 0 Å². The molecule has 0 spiro atoms. The summed E-state index contributed by atoms with van der Waals surface area (Å²) in [6.07, 6.45) is 11.5. The number of benzene rings is 2. The molecule has 11 heteroatoms. The molecular weight excluding hydrogens is 635 g/mol. The number of likely N-dealkylation sites (N-methyl/N-ethyl adjacent to an activating group) is 1. The lowest BCUT2D eigenvalue weighted by Gasteiger charge is -2.33. The number of carbonyl (C=O) groups excluding carboxylic acids is 2. The topological polar surface area (TPSA) is 103 Å². The Hall–Kier alpha value is -4.90. The standard InChI is InChI=1S/C32H33FN6O4.C5H10.C2H6/c1-19-15-34-16-20(19)13-27(40)35-21-7-8-38(17-21)29-24(33)14-22-28-31(29)43-26-6-4-3-5-25(26)39(28)18-23(30(22)41)32(42)37-11-9-36(2)10-12-37;1-3-5-4-2;1-2/h3-6,14-16,18,21,34H,7-13,17H2,1-2H3,(H,35,40);3,5H,4H2,1-2H3;1-2H3/b;5-3-;. The highest BCUT2D eigenvalue weighted by atomic mass is 19.1. The van der Waals surface area contributed by atoms with E-state index >= 15 is 4.39 Å². The average molecular weight is 685 g/mol. The molecule has 3 aliphatic heterocycles. The van der Waals surface area contributed by atoms with Crippen molar-refractivity contribution in [2.45, 2.75) is 59.9 Å². The summed E-state index contributed by atoms with van der Waals surface area (Å²) < 4.78 is 24.2. The number of ether oxygens (including phenoxy) is 1. The highest BCUT2D eigenvalue weighted by molar-refractivity contribution is 6.01. The molecule has 0 saturated carbocycles. The molecule has 2 fully saturated rings. The number of carbonyl (C=O) groups is 2. The second-order valence-electron chi connectivity index (χ2n) is 12.7. The molecule has 50 heavy (non-hydrogen) atoms. The number of nitrogens with zero attached hydrogens (tertiary/aromatic N) is 4. The van der Waals surface area contributed by atoms with E-state index in [0.717, 1.165) is 30.6 Å². The van der Waals surface area contributed by atoms with Crippen molar-refractivity contribution in [1.29, 1.82) is 0 Å². The summed E-state index contributed by atoms with van der Waals surface area (Å²) in [5.74, 6) is -0.321. The lowest BCUT2D eigenvalue weighted by molar-refractivity contribution is -0.121. The van der Waals surface area contributed by atoms with Crippen molar-refractivity contribution in [2.24, 2.45) is 0 Å². The Labute approximate surface area is 293 Å². The maximum Gasteiger partial charge on any atom is 0.259 e. The molecule has 0 aliphatic carbocycles. The van der Waals surface area contributed by atoms with Crippen molar-refractivity contribution in [3.63, 3.8) is 0 Å². The van der Waals surface area contributed by atoms with Gasteiger partial charge in [0.2, 0.25) is 11.3 Å². The molecule has 7 rings (SSSR count). The van der Waals surface area contributed by atoms with Crippen LogP contribution in [-0.4, -0.2) is 83.5 Å². The summed E-state index contributed by atoms with van der Waals surface area (Å²) in [7, 11) is 2.00. The Morgan fingerprint density at radius 2 is 1.84 bits per heavy atom. The zero-order chi connectivity index (χ0) is 35.9. The van der Waals surface area contributed by atoms with Crippen LogP contribution in [-0.2, 0) is 11.2 Å². The fourth-order valence-electron chi connectivity index (χ4n) is 6.61. The number of piperazine rings is 1. The lowest BCUT2D eigenvalue weighted by atomic mass is 10.0. The first-order valence-corrected chi connectivity index (χ1v) is 17.6. The van der Waals surface area contributed by atoms with Crippen LogP contribution in [0.15, 0.2) is 65.9 Å². The van der Waals surface area contributed by atoms with Gasteiger partial charge in [0, 0.05) is 63.9 Å². The summed E-state index contributed by atoms with van der Waals surface area (Å²) >= 11 is 0. The van der Waals surface area contributed by atoms with Crippen LogP contribution in [0.5, 0.6) is 11.5 Å². The Morgan fingerprint density at radius 3 is 2.50 bits per heavy atom. The van der Waals surface area contributed by atoms with Crippen LogP contribution in [0, 0.1) is 12.7 Å². The van der Waals surface area contributed by atoms with Gasteiger partial charge in [0.05, 0.1) is 17.5 Å². The van der Waals surface area contributed by atoms with E-state index in [1.54, 1.807) is 21.7 Å². The third-order valence-electron chi connectivity index (χ3n) is 9.28. The molecule has 1 atom stereocenters. The quantitative estimate of drug-likeness (QED) is 0.207. The molecule has 0 bridgehead atoms. The Balaban J connectivity index is 0.000000640. The van der Waals surface area contributed by atoms with Crippen LogP contribution < -0.4 is 20.4 Å². The lowest BCUT2D eigenvalue weighted by Crippen LogP contribution is -2.48. The number of aromatic nitrogens is 2. The van der Waals surface area contributed by atoms with Gasteiger partial charge in [-0.05, 0) is 63.1 Å². The highest BCUT2D eigenvalue weighted by Crippen LogP contribution is 2.47. The van der Waals surface area contributed by atoms with Gasteiger partial charge in [0.25, 0.3) is 5.91 Å². The van der Waals surface area contributed by atoms with Gasteiger partial charge in [-0.25, -0.2) is 4.39 Å². The Kier molecular flexibility index (Phi) is 11.8. The van der Waals surface area contributed by atoms with Crippen molar-refractivity contribution < 1.29 is 18.7 Å². The van der Waals surface area contributed by atoms with Crippen LogP contribution in [0.4, 0.5) is 10.1 Å². The van der Waals surface area contributed by atoms with Crippen molar-refractivity contribution >= 4 is 28.4 Å². The maximum atomic E-state index is 16.1. The summed E-state index contributed by atoms with van der Waals surface area (Å²) in [6, 6.07) is 8.37. The first kappa shape index (κ1) is 36.4. The molecule has 2 aromatic carbocycles. The SMILES string of the molecule is C/C=C\CC.CC.Cc1c[nH]cc1CC(=O)NC1CCN(c2c(F)cc3c(=O)c(C(=O)N4CCN(C)CC4)cn4c3c2Oc2ccccc2-4)C1. The fourth-order valence-corrected chi connectivity index (χ4v) is 6.61. The van der Waals surface area contributed by atoms with E-state index in [-0.39, 0.29) is 46.7 Å². The predicted molar refractivity (Wildman–Crippen MR) is 197 cm³/mol. The zero-order valence-corrected chi connectivity index (χ0v) is 30.0. The van der Waals surface area contributed by atoms with E-state index in [1.165, 1.54) is 6.07 Å². The van der Waals surface area contributed by atoms with Crippen LogP contribution in [0.2, 0.25) is 0 Å². The number of aryl methyl sites for hydroxylation is 1. The molecule has 2 saturated heterocycles. The monoisotopic (exact) mass is 684 g/mol. The molecule has 3 aliphatic rings. The Bertz CT molecular complexity index is 1920.